The first-order valence-electron chi connectivity index (χ1n) is 8.20. The lowest BCUT2D eigenvalue weighted by Crippen LogP contribution is -2.45. The van der Waals surface area contributed by atoms with Crippen molar-refractivity contribution in [3.63, 3.8) is 0 Å². The number of alkyl carbamates (subject to hydrolysis) is 1. The van der Waals surface area contributed by atoms with Gasteiger partial charge in [0.2, 0.25) is 0 Å². The summed E-state index contributed by atoms with van der Waals surface area (Å²) in [5.41, 5.74) is 5.32. The second-order valence-electron chi connectivity index (χ2n) is 7.23. The number of carbonyl (C=O) groups is 1. The summed E-state index contributed by atoms with van der Waals surface area (Å²) in [6.07, 6.45) is 5.38. The van der Waals surface area contributed by atoms with Gasteiger partial charge in [-0.05, 0) is 58.3 Å². The van der Waals surface area contributed by atoms with Crippen LogP contribution in [0.3, 0.4) is 0 Å². The van der Waals surface area contributed by atoms with E-state index in [4.69, 9.17) is 10.5 Å². The third-order valence-electron chi connectivity index (χ3n) is 4.38. The Labute approximate surface area is 129 Å². The van der Waals surface area contributed by atoms with E-state index in [1.54, 1.807) is 0 Å². The van der Waals surface area contributed by atoms with E-state index < -0.39 is 5.60 Å². The fourth-order valence-electron chi connectivity index (χ4n) is 2.95. The lowest BCUT2D eigenvalue weighted by atomic mass is 9.70. The van der Waals surface area contributed by atoms with E-state index in [2.05, 4.69) is 17.6 Å². The first-order valence-corrected chi connectivity index (χ1v) is 8.20. The molecule has 1 aliphatic carbocycles. The number of hydrogen-bond donors (Lipinski definition) is 3. The molecule has 0 aromatic heterocycles. The van der Waals surface area contributed by atoms with Crippen LogP contribution >= 0.6 is 0 Å². The summed E-state index contributed by atoms with van der Waals surface area (Å²) in [6, 6.07) is 0.578. The Kier molecular flexibility index (Phi) is 6.94. The summed E-state index contributed by atoms with van der Waals surface area (Å²) in [5.74, 6) is 0. The molecular formula is C16H33N3O2. The van der Waals surface area contributed by atoms with Crippen molar-refractivity contribution >= 4 is 6.09 Å². The van der Waals surface area contributed by atoms with E-state index in [0.29, 0.717) is 19.1 Å². The maximum atomic E-state index is 11.8. The van der Waals surface area contributed by atoms with Crippen LogP contribution in [0.1, 0.15) is 59.8 Å². The van der Waals surface area contributed by atoms with Gasteiger partial charge < -0.3 is 21.1 Å². The van der Waals surface area contributed by atoms with E-state index in [9.17, 15) is 4.79 Å². The van der Waals surface area contributed by atoms with Gasteiger partial charge in [-0.2, -0.15) is 0 Å². The SMILES string of the molecule is CCC1(CNC(=O)OC(C)(C)C)CCC(NCCN)CC1. The van der Waals surface area contributed by atoms with Crippen LogP contribution in [-0.4, -0.2) is 37.4 Å². The van der Waals surface area contributed by atoms with Gasteiger partial charge >= 0.3 is 6.09 Å². The van der Waals surface area contributed by atoms with Crippen LogP contribution in [0.15, 0.2) is 0 Å². The van der Waals surface area contributed by atoms with Crippen LogP contribution in [0, 0.1) is 5.41 Å². The number of rotatable bonds is 6. The van der Waals surface area contributed by atoms with Crippen molar-refractivity contribution in [1.82, 2.24) is 10.6 Å². The molecule has 0 aliphatic heterocycles. The highest BCUT2D eigenvalue weighted by atomic mass is 16.6. The second-order valence-corrected chi connectivity index (χ2v) is 7.23. The molecule has 1 rings (SSSR count). The number of carbonyl (C=O) groups excluding carboxylic acids is 1. The monoisotopic (exact) mass is 299 g/mol. The van der Waals surface area contributed by atoms with E-state index in [1.807, 2.05) is 20.8 Å². The maximum absolute atomic E-state index is 11.8. The fraction of sp³-hybridized carbons (Fsp3) is 0.938. The Morgan fingerprint density at radius 2 is 1.95 bits per heavy atom. The van der Waals surface area contributed by atoms with E-state index in [-0.39, 0.29) is 11.5 Å². The average Bonchev–Trinajstić information content (AvgIpc) is 2.42. The summed E-state index contributed by atoms with van der Waals surface area (Å²) in [4.78, 5) is 11.8. The van der Waals surface area contributed by atoms with Crippen molar-refractivity contribution in [2.45, 2.75) is 71.4 Å². The van der Waals surface area contributed by atoms with Gasteiger partial charge in [-0.25, -0.2) is 4.79 Å². The lowest BCUT2D eigenvalue weighted by Gasteiger charge is -2.40. The first-order chi connectivity index (χ1) is 9.80. The van der Waals surface area contributed by atoms with Crippen LogP contribution in [0.25, 0.3) is 0 Å². The van der Waals surface area contributed by atoms with Gasteiger partial charge in [-0.3, -0.25) is 0 Å². The number of amides is 1. The molecule has 0 atom stereocenters. The van der Waals surface area contributed by atoms with Crippen LogP contribution in [0.5, 0.6) is 0 Å². The molecule has 1 saturated carbocycles. The Morgan fingerprint density at radius 1 is 1.33 bits per heavy atom. The quantitative estimate of drug-likeness (QED) is 0.704. The van der Waals surface area contributed by atoms with Crippen molar-refractivity contribution in [3.05, 3.63) is 0 Å². The summed E-state index contributed by atoms with van der Waals surface area (Å²) in [7, 11) is 0. The van der Waals surface area contributed by atoms with Gasteiger partial charge in [-0.1, -0.05) is 6.92 Å². The van der Waals surface area contributed by atoms with Gasteiger partial charge in [0.1, 0.15) is 5.60 Å². The summed E-state index contributed by atoms with van der Waals surface area (Å²) < 4.78 is 5.32. The second kappa shape index (κ2) is 7.99. The average molecular weight is 299 g/mol. The molecule has 1 aliphatic rings. The van der Waals surface area contributed by atoms with Gasteiger partial charge in [0.05, 0.1) is 0 Å². The molecule has 0 aromatic carbocycles. The molecule has 0 saturated heterocycles. The molecule has 1 fully saturated rings. The highest BCUT2D eigenvalue weighted by Gasteiger charge is 2.34. The molecule has 124 valence electrons. The van der Waals surface area contributed by atoms with Gasteiger partial charge in [0.15, 0.2) is 0 Å². The van der Waals surface area contributed by atoms with Gasteiger partial charge in [-0.15, -0.1) is 0 Å². The Balaban J connectivity index is 2.39. The lowest BCUT2D eigenvalue weighted by molar-refractivity contribution is 0.0474. The number of nitrogens with one attached hydrogen (secondary N) is 2. The standard InChI is InChI=1S/C16H33N3O2/c1-5-16(12-19-14(20)21-15(2,3)4)8-6-13(7-9-16)18-11-10-17/h13,18H,5-12,17H2,1-4H3,(H,19,20). The molecule has 0 heterocycles. The predicted octanol–water partition coefficient (Wildman–Crippen LogP) is 2.40. The van der Waals surface area contributed by atoms with E-state index in [1.165, 1.54) is 0 Å². The minimum atomic E-state index is -0.437. The zero-order valence-electron chi connectivity index (χ0n) is 14.1. The van der Waals surface area contributed by atoms with Crippen molar-refractivity contribution in [1.29, 1.82) is 0 Å². The number of nitrogens with two attached hydrogens (primary N) is 1. The molecule has 0 radical (unpaired) electrons. The smallest absolute Gasteiger partial charge is 0.407 e. The van der Waals surface area contributed by atoms with Crippen LogP contribution in [0.4, 0.5) is 4.79 Å². The van der Waals surface area contributed by atoms with Crippen LogP contribution < -0.4 is 16.4 Å². The minimum absolute atomic E-state index is 0.220. The van der Waals surface area contributed by atoms with Crippen molar-refractivity contribution < 1.29 is 9.53 Å². The van der Waals surface area contributed by atoms with Gasteiger partial charge in [0.25, 0.3) is 0 Å². The summed E-state index contributed by atoms with van der Waals surface area (Å²) >= 11 is 0. The topological polar surface area (TPSA) is 76.4 Å². The van der Waals surface area contributed by atoms with Crippen LogP contribution in [-0.2, 0) is 4.74 Å². The third-order valence-corrected chi connectivity index (χ3v) is 4.38. The summed E-state index contributed by atoms with van der Waals surface area (Å²) in [6.45, 7) is 10.2. The van der Waals surface area contributed by atoms with Gasteiger partial charge in [0, 0.05) is 25.7 Å². The van der Waals surface area contributed by atoms with Crippen LogP contribution in [0.2, 0.25) is 0 Å². The zero-order valence-corrected chi connectivity index (χ0v) is 14.1. The molecule has 0 bridgehead atoms. The third kappa shape index (κ3) is 6.66. The number of hydrogen-bond acceptors (Lipinski definition) is 4. The molecule has 0 spiro atoms. The Morgan fingerprint density at radius 3 is 2.43 bits per heavy atom. The number of ether oxygens (including phenoxy) is 1. The fourth-order valence-corrected chi connectivity index (χ4v) is 2.95. The molecule has 4 N–H and O–H groups in total. The Hall–Kier alpha value is -0.810. The summed E-state index contributed by atoms with van der Waals surface area (Å²) in [5, 5.41) is 6.45. The molecule has 0 aromatic rings. The highest BCUT2D eigenvalue weighted by Crippen LogP contribution is 2.38. The van der Waals surface area contributed by atoms with Crippen molar-refractivity contribution in [3.8, 4) is 0 Å². The van der Waals surface area contributed by atoms with E-state index >= 15 is 0 Å². The van der Waals surface area contributed by atoms with Crippen molar-refractivity contribution in [2.75, 3.05) is 19.6 Å². The largest absolute Gasteiger partial charge is 0.444 e. The molecule has 5 heteroatoms. The first kappa shape index (κ1) is 18.2. The normalized spacial score (nSPS) is 26.4. The molecule has 21 heavy (non-hydrogen) atoms. The zero-order chi connectivity index (χ0) is 15.9. The molecule has 0 unspecified atom stereocenters. The minimum Gasteiger partial charge on any atom is -0.444 e. The maximum Gasteiger partial charge on any atom is 0.407 e. The Bertz CT molecular complexity index is 318. The van der Waals surface area contributed by atoms with Crippen molar-refractivity contribution in [2.24, 2.45) is 11.1 Å². The predicted molar refractivity (Wildman–Crippen MR) is 86.3 cm³/mol. The molecule has 1 amide bonds. The molecular weight excluding hydrogens is 266 g/mol. The molecule has 5 nitrogen and oxygen atoms in total. The highest BCUT2D eigenvalue weighted by molar-refractivity contribution is 5.67. The van der Waals surface area contributed by atoms with E-state index in [0.717, 1.165) is 38.6 Å².